The Morgan fingerprint density at radius 3 is 2.05 bits per heavy atom. The molecular weight excluding hydrogens is 403 g/mol. The number of alkyl halides is 3. The Morgan fingerprint density at radius 1 is 1.10 bits per heavy atom. The lowest BCUT2D eigenvalue weighted by atomic mass is 9.96. The van der Waals surface area contributed by atoms with E-state index < -0.39 is 12.1 Å². The number of carbonyl (C=O) groups is 1. The number of nitrogens with zero attached hydrogens (tertiary/aromatic N) is 1. The first-order valence-electron chi connectivity index (χ1n) is 6.09. The molecule has 20 heavy (non-hydrogen) atoms. The van der Waals surface area contributed by atoms with Crippen LogP contribution in [0, 0.1) is 5.92 Å². The summed E-state index contributed by atoms with van der Waals surface area (Å²) in [6, 6.07) is 5.14. The molecular formula is C13H12Br2F3NO. The third-order valence-electron chi connectivity index (χ3n) is 3.35. The minimum Gasteiger partial charge on any atom is -0.339 e. The third kappa shape index (κ3) is 3.75. The van der Waals surface area contributed by atoms with Crippen molar-refractivity contribution in [3.8, 4) is 0 Å². The quantitative estimate of drug-likeness (QED) is 0.656. The highest BCUT2D eigenvalue weighted by Gasteiger charge is 2.41. The number of hydrogen-bond donors (Lipinski definition) is 0. The Kier molecular flexibility index (Phi) is 4.79. The second-order valence-electron chi connectivity index (χ2n) is 4.77. The molecule has 1 aliphatic rings. The summed E-state index contributed by atoms with van der Waals surface area (Å²) < 4.78 is 39.2. The van der Waals surface area contributed by atoms with Crippen molar-refractivity contribution in [1.29, 1.82) is 0 Å². The van der Waals surface area contributed by atoms with Gasteiger partial charge in [0.25, 0.3) is 5.91 Å². The van der Waals surface area contributed by atoms with E-state index in [-0.39, 0.29) is 31.8 Å². The second kappa shape index (κ2) is 6.05. The first-order valence-corrected chi connectivity index (χ1v) is 7.68. The fourth-order valence-corrected chi connectivity index (χ4v) is 3.56. The number of amides is 1. The van der Waals surface area contributed by atoms with Gasteiger partial charge in [-0.2, -0.15) is 13.2 Å². The SMILES string of the molecule is O=C(c1cc(Br)cc(Br)c1)N1CCC(C(F)(F)F)CC1. The highest BCUT2D eigenvalue weighted by molar-refractivity contribution is 9.11. The fourth-order valence-electron chi connectivity index (χ4n) is 2.27. The van der Waals surface area contributed by atoms with E-state index in [0.29, 0.717) is 5.56 Å². The van der Waals surface area contributed by atoms with Crippen molar-refractivity contribution in [2.24, 2.45) is 5.92 Å². The molecule has 1 fully saturated rings. The van der Waals surface area contributed by atoms with Crippen molar-refractivity contribution in [3.05, 3.63) is 32.7 Å². The second-order valence-corrected chi connectivity index (χ2v) is 6.60. The molecule has 110 valence electrons. The van der Waals surface area contributed by atoms with Gasteiger partial charge in [-0.3, -0.25) is 4.79 Å². The van der Waals surface area contributed by atoms with E-state index in [2.05, 4.69) is 31.9 Å². The molecule has 0 spiro atoms. The summed E-state index contributed by atoms with van der Waals surface area (Å²) in [5, 5.41) is 0. The molecule has 0 unspecified atom stereocenters. The van der Waals surface area contributed by atoms with Gasteiger partial charge >= 0.3 is 6.18 Å². The number of halogens is 5. The van der Waals surface area contributed by atoms with Gasteiger partial charge in [0.05, 0.1) is 5.92 Å². The molecule has 7 heteroatoms. The fraction of sp³-hybridized carbons (Fsp3) is 0.462. The molecule has 1 heterocycles. The summed E-state index contributed by atoms with van der Waals surface area (Å²) in [5.74, 6) is -1.52. The smallest absolute Gasteiger partial charge is 0.339 e. The van der Waals surface area contributed by atoms with Gasteiger partial charge in [0.1, 0.15) is 0 Å². The van der Waals surface area contributed by atoms with Crippen LogP contribution >= 0.6 is 31.9 Å². The zero-order chi connectivity index (χ0) is 14.9. The maximum atomic E-state index is 12.6. The van der Waals surface area contributed by atoms with Crippen molar-refractivity contribution in [3.63, 3.8) is 0 Å². The lowest BCUT2D eigenvalue weighted by molar-refractivity contribution is -0.183. The standard InChI is InChI=1S/C13H12Br2F3NO/c14-10-5-8(6-11(15)7-10)12(20)19-3-1-9(2-4-19)13(16,17)18/h5-7,9H,1-4H2. The summed E-state index contributed by atoms with van der Waals surface area (Å²) in [7, 11) is 0. The summed E-state index contributed by atoms with van der Waals surface area (Å²) in [5.41, 5.74) is 0.469. The molecule has 0 saturated carbocycles. The summed E-state index contributed by atoms with van der Waals surface area (Å²) in [6.45, 7) is 0.292. The topological polar surface area (TPSA) is 20.3 Å². The van der Waals surface area contributed by atoms with Crippen LogP contribution in [-0.2, 0) is 0 Å². The van der Waals surface area contributed by atoms with Crippen LogP contribution in [0.4, 0.5) is 13.2 Å². The van der Waals surface area contributed by atoms with Crippen LogP contribution in [0.5, 0.6) is 0 Å². The van der Waals surface area contributed by atoms with Crippen molar-refractivity contribution in [2.45, 2.75) is 19.0 Å². The molecule has 1 saturated heterocycles. The first-order chi connectivity index (χ1) is 9.27. The van der Waals surface area contributed by atoms with E-state index in [0.717, 1.165) is 8.95 Å². The normalized spacial score (nSPS) is 17.4. The predicted molar refractivity (Wildman–Crippen MR) is 76.5 cm³/mol. The molecule has 1 aromatic carbocycles. The molecule has 0 N–H and O–H groups in total. The molecule has 0 aromatic heterocycles. The van der Waals surface area contributed by atoms with Crippen molar-refractivity contribution in [1.82, 2.24) is 4.90 Å². The van der Waals surface area contributed by atoms with E-state index >= 15 is 0 Å². The third-order valence-corrected chi connectivity index (χ3v) is 4.27. The number of likely N-dealkylation sites (tertiary alicyclic amines) is 1. The van der Waals surface area contributed by atoms with E-state index in [9.17, 15) is 18.0 Å². The Hall–Kier alpha value is -0.560. The van der Waals surface area contributed by atoms with Gasteiger partial charge < -0.3 is 4.90 Å². The van der Waals surface area contributed by atoms with Crippen LogP contribution < -0.4 is 0 Å². The van der Waals surface area contributed by atoms with E-state index in [1.165, 1.54) is 4.90 Å². The van der Waals surface area contributed by atoms with E-state index in [1.807, 2.05) is 0 Å². The molecule has 0 atom stereocenters. The largest absolute Gasteiger partial charge is 0.391 e. The average Bonchev–Trinajstić information content (AvgIpc) is 2.36. The Labute approximate surface area is 131 Å². The molecule has 1 aromatic rings. The van der Waals surface area contributed by atoms with Gasteiger partial charge in [-0.05, 0) is 31.0 Å². The van der Waals surface area contributed by atoms with Gasteiger partial charge in [0, 0.05) is 27.6 Å². The van der Waals surface area contributed by atoms with Crippen LogP contribution in [-0.4, -0.2) is 30.1 Å². The van der Waals surface area contributed by atoms with Crippen LogP contribution in [0.15, 0.2) is 27.1 Å². The van der Waals surface area contributed by atoms with Gasteiger partial charge in [-0.15, -0.1) is 0 Å². The molecule has 0 aliphatic carbocycles. The van der Waals surface area contributed by atoms with Crippen LogP contribution in [0.3, 0.4) is 0 Å². The summed E-state index contributed by atoms with van der Waals surface area (Å²) >= 11 is 6.58. The highest BCUT2D eigenvalue weighted by Crippen LogP contribution is 2.34. The average molecular weight is 415 g/mol. The van der Waals surface area contributed by atoms with Gasteiger partial charge in [0.15, 0.2) is 0 Å². The molecule has 2 nitrogen and oxygen atoms in total. The molecule has 1 aliphatic heterocycles. The number of rotatable bonds is 1. The van der Waals surface area contributed by atoms with E-state index in [4.69, 9.17) is 0 Å². The molecule has 1 amide bonds. The van der Waals surface area contributed by atoms with Crippen LogP contribution in [0.2, 0.25) is 0 Å². The molecule has 0 radical (unpaired) electrons. The Morgan fingerprint density at radius 2 is 1.60 bits per heavy atom. The van der Waals surface area contributed by atoms with Gasteiger partial charge in [0.2, 0.25) is 0 Å². The van der Waals surface area contributed by atoms with Crippen molar-refractivity contribution in [2.75, 3.05) is 13.1 Å². The number of carbonyl (C=O) groups excluding carboxylic acids is 1. The van der Waals surface area contributed by atoms with Gasteiger partial charge in [-0.25, -0.2) is 0 Å². The monoisotopic (exact) mass is 413 g/mol. The molecule has 2 rings (SSSR count). The lowest BCUT2D eigenvalue weighted by Gasteiger charge is -2.33. The number of benzene rings is 1. The minimum atomic E-state index is -4.16. The maximum Gasteiger partial charge on any atom is 0.391 e. The zero-order valence-corrected chi connectivity index (χ0v) is 13.6. The Balaban J connectivity index is 2.05. The Bertz CT molecular complexity index is 491. The highest BCUT2D eigenvalue weighted by atomic mass is 79.9. The summed E-state index contributed by atoms with van der Waals surface area (Å²) in [6.07, 6.45) is -4.21. The minimum absolute atomic E-state index is 0.0234. The van der Waals surface area contributed by atoms with E-state index in [1.54, 1.807) is 18.2 Å². The lowest BCUT2D eigenvalue weighted by Crippen LogP contribution is -2.42. The van der Waals surface area contributed by atoms with Gasteiger partial charge in [-0.1, -0.05) is 31.9 Å². The van der Waals surface area contributed by atoms with Crippen molar-refractivity contribution >= 4 is 37.8 Å². The van der Waals surface area contributed by atoms with Crippen LogP contribution in [0.1, 0.15) is 23.2 Å². The van der Waals surface area contributed by atoms with Crippen molar-refractivity contribution < 1.29 is 18.0 Å². The predicted octanol–water partition coefficient (Wildman–Crippen LogP) is 4.63. The number of piperidine rings is 1. The number of hydrogen-bond acceptors (Lipinski definition) is 1. The zero-order valence-electron chi connectivity index (χ0n) is 10.4. The maximum absolute atomic E-state index is 12.6. The summed E-state index contributed by atoms with van der Waals surface area (Å²) in [4.78, 5) is 13.7. The first kappa shape index (κ1) is 15.8. The van der Waals surface area contributed by atoms with Crippen LogP contribution in [0.25, 0.3) is 0 Å². The molecule has 0 bridgehead atoms.